The highest BCUT2D eigenvalue weighted by atomic mass is 16.4. The van der Waals surface area contributed by atoms with Crippen LogP contribution in [0.25, 0.3) is 0 Å². The lowest BCUT2D eigenvalue weighted by molar-refractivity contribution is -0.138. The summed E-state index contributed by atoms with van der Waals surface area (Å²) in [7, 11) is 0. The Kier molecular flexibility index (Phi) is 17.4. The summed E-state index contributed by atoms with van der Waals surface area (Å²) in [5, 5.41) is 20.4. The van der Waals surface area contributed by atoms with E-state index in [0.717, 1.165) is 38.8 Å². The van der Waals surface area contributed by atoms with E-state index in [1.54, 1.807) is 0 Å². The molecule has 0 aromatic carbocycles. The van der Waals surface area contributed by atoms with Crippen molar-refractivity contribution in [3.8, 4) is 0 Å². The second kappa shape index (κ2) is 18.2. The first-order chi connectivity index (χ1) is 11.6. The summed E-state index contributed by atoms with van der Waals surface area (Å²) in [6.07, 6.45) is 15.6. The highest BCUT2D eigenvalue weighted by Crippen LogP contribution is 2.11. The van der Waals surface area contributed by atoms with Crippen molar-refractivity contribution in [2.24, 2.45) is 0 Å². The van der Waals surface area contributed by atoms with Crippen molar-refractivity contribution in [3.05, 3.63) is 0 Å². The van der Waals surface area contributed by atoms with E-state index in [4.69, 9.17) is 10.2 Å². The summed E-state index contributed by atoms with van der Waals surface area (Å²) in [5.74, 6) is -1.38. The largest absolute Gasteiger partial charge is 0.481 e. The molecule has 0 aromatic heterocycles. The minimum atomic E-state index is -0.701. The molecule has 0 heterocycles. The molecule has 0 aliphatic heterocycles. The van der Waals surface area contributed by atoms with Crippen LogP contribution in [0.2, 0.25) is 0 Å². The zero-order chi connectivity index (χ0) is 17.9. The van der Waals surface area contributed by atoms with Gasteiger partial charge in [-0.1, -0.05) is 57.8 Å². The number of hydrogen-bond acceptors (Lipinski definition) is 3. The van der Waals surface area contributed by atoms with Crippen LogP contribution >= 0.6 is 0 Å². The predicted molar refractivity (Wildman–Crippen MR) is 97.4 cm³/mol. The molecular formula is C19H37NO4. The number of unbranched alkanes of at least 4 members (excludes halogenated alkanes) is 11. The Morgan fingerprint density at radius 3 is 1.21 bits per heavy atom. The Morgan fingerprint density at radius 1 is 0.500 bits per heavy atom. The number of carbonyl (C=O) groups is 2. The van der Waals surface area contributed by atoms with E-state index in [2.05, 4.69) is 5.32 Å². The lowest BCUT2D eigenvalue weighted by Gasteiger charge is -2.05. The predicted octanol–water partition coefficient (Wildman–Crippen LogP) is 4.60. The van der Waals surface area contributed by atoms with E-state index >= 15 is 0 Å². The summed E-state index contributed by atoms with van der Waals surface area (Å²) in [5.41, 5.74) is 0. The van der Waals surface area contributed by atoms with Crippen LogP contribution in [0.5, 0.6) is 0 Å². The zero-order valence-corrected chi connectivity index (χ0v) is 15.2. The van der Waals surface area contributed by atoms with E-state index in [-0.39, 0.29) is 6.42 Å². The van der Waals surface area contributed by atoms with Gasteiger partial charge in [-0.25, -0.2) is 0 Å². The molecule has 0 aliphatic carbocycles. The van der Waals surface area contributed by atoms with E-state index in [0.29, 0.717) is 6.42 Å². The van der Waals surface area contributed by atoms with Gasteiger partial charge in [-0.3, -0.25) is 9.59 Å². The molecule has 0 aromatic rings. The topological polar surface area (TPSA) is 86.6 Å². The third-order valence-corrected chi connectivity index (χ3v) is 4.24. The molecule has 0 atom stereocenters. The molecule has 0 saturated heterocycles. The van der Waals surface area contributed by atoms with E-state index in [9.17, 15) is 9.59 Å². The van der Waals surface area contributed by atoms with Gasteiger partial charge < -0.3 is 15.5 Å². The van der Waals surface area contributed by atoms with Crippen molar-refractivity contribution < 1.29 is 19.8 Å². The fourth-order valence-corrected chi connectivity index (χ4v) is 2.77. The molecule has 0 rings (SSSR count). The molecule has 5 nitrogen and oxygen atoms in total. The van der Waals surface area contributed by atoms with Crippen LogP contribution < -0.4 is 5.32 Å². The zero-order valence-electron chi connectivity index (χ0n) is 15.2. The molecule has 0 unspecified atom stereocenters. The summed E-state index contributed by atoms with van der Waals surface area (Å²) in [6.45, 7) is 1.98. The molecular weight excluding hydrogens is 306 g/mol. The maximum absolute atomic E-state index is 10.4. The summed E-state index contributed by atoms with van der Waals surface area (Å²) < 4.78 is 0. The quantitative estimate of drug-likeness (QED) is 0.298. The molecule has 5 heteroatoms. The lowest BCUT2D eigenvalue weighted by atomic mass is 10.1. The van der Waals surface area contributed by atoms with Crippen molar-refractivity contribution in [1.29, 1.82) is 0 Å². The second-order valence-corrected chi connectivity index (χ2v) is 6.63. The maximum Gasteiger partial charge on any atom is 0.303 e. The third kappa shape index (κ3) is 20.9. The smallest absolute Gasteiger partial charge is 0.303 e. The average Bonchev–Trinajstić information content (AvgIpc) is 2.53. The minimum absolute atomic E-state index is 0.282. The lowest BCUT2D eigenvalue weighted by Crippen LogP contribution is -2.16. The molecule has 0 fully saturated rings. The Balaban J connectivity index is 3.00. The first-order valence-corrected chi connectivity index (χ1v) is 9.77. The Hall–Kier alpha value is -1.10. The second-order valence-electron chi connectivity index (χ2n) is 6.63. The summed E-state index contributed by atoms with van der Waals surface area (Å²) in [6, 6.07) is 0. The number of nitrogens with one attached hydrogen (secondary N) is 1. The van der Waals surface area contributed by atoms with Gasteiger partial charge in [0.05, 0.1) is 0 Å². The van der Waals surface area contributed by atoms with Crippen molar-refractivity contribution in [1.82, 2.24) is 5.32 Å². The van der Waals surface area contributed by atoms with Gasteiger partial charge in [0.2, 0.25) is 0 Å². The third-order valence-electron chi connectivity index (χ3n) is 4.24. The number of carboxylic acid groups (broad SMARTS) is 2. The van der Waals surface area contributed by atoms with Crippen LogP contribution in [0, 0.1) is 0 Å². The highest BCUT2D eigenvalue weighted by Gasteiger charge is 1.97. The van der Waals surface area contributed by atoms with Crippen LogP contribution in [0.3, 0.4) is 0 Å². The van der Waals surface area contributed by atoms with Gasteiger partial charge in [0.15, 0.2) is 0 Å². The number of hydrogen-bond donors (Lipinski definition) is 3. The normalized spacial score (nSPS) is 10.8. The van der Waals surface area contributed by atoms with Gasteiger partial charge in [-0.15, -0.1) is 0 Å². The van der Waals surface area contributed by atoms with Crippen molar-refractivity contribution in [2.75, 3.05) is 13.1 Å². The fourth-order valence-electron chi connectivity index (χ4n) is 2.77. The van der Waals surface area contributed by atoms with Gasteiger partial charge in [-0.2, -0.15) is 0 Å². The number of carboxylic acids is 2. The summed E-state index contributed by atoms with van der Waals surface area (Å²) >= 11 is 0. The molecule has 0 saturated carbocycles. The van der Waals surface area contributed by atoms with Crippen molar-refractivity contribution in [3.63, 3.8) is 0 Å². The van der Waals surface area contributed by atoms with Crippen LogP contribution in [0.1, 0.15) is 96.3 Å². The Morgan fingerprint density at radius 2 is 0.792 bits per heavy atom. The van der Waals surface area contributed by atoms with Crippen LogP contribution in [0.4, 0.5) is 0 Å². The SMILES string of the molecule is O=C(O)CCCCCCCCCCCCCNCCCCC(=O)O. The molecule has 0 aliphatic rings. The van der Waals surface area contributed by atoms with Crippen LogP contribution in [-0.2, 0) is 9.59 Å². The molecule has 0 amide bonds. The van der Waals surface area contributed by atoms with E-state index in [1.165, 1.54) is 57.8 Å². The Labute approximate surface area is 147 Å². The van der Waals surface area contributed by atoms with Crippen molar-refractivity contribution >= 4 is 11.9 Å². The first kappa shape index (κ1) is 22.9. The standard InChI is InChI=1S/C19H37NO4/c21-18(22)14-10-8-6-4-2-1-3-5-7-9-12-16-20-17-13-11-15-19(23)24/h20H,1-17H2,(H,21,22)(H,23,24). The average molecular weight is 344 g/mol. The minimum Gasteiger partial charge on any atom is -0.481 e. The van der Waals surface area contributed by atoms with E-state index in [1.807, 2.05) is 0 Å². The number of aliphatic carboxylic acids is 2. The van der Waals surface area contributed by atoms with Crippen LogP contribution in [0.15, 0.2) is 0 Å². The summed E-state index contributed by atoms with van der Waals surface area (Å²) in [4.78, 5) is 20.7. The fraction of sp³-hybridized carbons (Fsp3) is 0.895. The van der Waals surface area contributed by atoms with Gasteiger partial charge >= 0.3 is 11.9 Å². The molecule has 24 heavy (non-hydrogen) atoms. The van der Waals surface area contributed by atoms with Gasteiger partial charge in [0.1, 0.15) is 0 Å². The highest BCUT2D eigenvalue weighted by molar-refractivity contribution is 5.66. The van der Waals surface area contributed by atoms with E-state index < -0.39 is 11.9 Å². The molecule has 3 N–H and O–H groups in total. The van der Waals surface area contributed by atoms with Gasteiger partial charge in [0.25, 0.3) is 0 Å². The van der Waals surface area contributed by atoms with Gasteiger partial charge in [0, 0.05) is 12.8 Å². The number of rotatable bonds is 19. The van der Waals surface area contributed by atoms with Gasteiger partial charge in [-0.05, 0) is 38.8 Å². The first-order valence-electron chi connectivity index (χ1n) is 9.77. The Bertz CT molecular complexity index is 278. The molecule has 0 spiro atoms. The maximum atomic E-state index is 10.4. The molecule has 0 radical (unpaired) electrons. The molecule has 142 valence electrons. The monoisotopic (exact) mass is 343 g/mol. The van der Waals surface area contributed by atoms with Crippen molar-refractivity contribution in [2.45, 2.75) is 96.3 Å². The van der Waals surface area contributed by atoms with Crippen LogP contribution in [-0.4, -0.2) is 35.2 Å². The molecule has 0 bridgehead atoms.